The Bertz CT molecular complexity index is 519. The van der Waals surface area contributed by atoms with Crippen molar-refractivity contribution in [1.82, 2.24) is 9.88 Å². The van der Waals surface area contributed by atoms with Crippen molar-refractivity contribution in [3.05, 3.63) is 23.8 Å². The molecule has 2 aromatic rings. The summed E-state index contributed by atoms with van der Waals surface area (Å²) in [5, 5.41) is 0.649. The topological polar surface area (TPSA) is 42.2 Å². The van der Waals surface area contributed by atoms with Gasteiger partial charge in [0.2, 0.25) is 0 Å². The summed E-state index contributed by atoms with van der Waals surface area (Å²) < 4.78 is 1.19. The molecule has 0 atom stereocenters. The third-order valence-corrected chi connectivity index (χ3v) is 3.94. The van der Waals surface area contributed by atoms with Gasteiger partial charge in [-0.1, -0.05) is 24.3 Å². The summed E-state index contributed by atoms with van der Waals surface area (Å²) in [6, 6.07) is 7.02. The van der Waals surface area contributed by atoms with E-state index in [-0.39, 0.29) is 0 Å². The number of fused-ring (bicyclic) bond motifs is 1. The van der Waals surface area contributed by atoms with E-state index in [1.54, 1.807) is 11.3 Å². The molecule has 0 radical (unpaired) electrons. The smallest absolute Gasteiger partial charge is 0.181 e. The molecular formula is C14H21N3S. The van der Waals surface area contributed by atoms with Gasteiger partial charge in [-0.2, -0.15) is 0 Å². The third kappa shape index (κ3) is 3.00. The number of hydrogen-bond acceptors (Lipinski definition) is 4. The minimum Gasteiger partial charge on any atom is -0.375 e. The molecule has 0 aliphatic rings. The number of aromatic nitrogens is 1. The van der Waals surface area contributed by atoms with Crippen molar-refractivity contribution in [1.29, 1.82) is 0 Å². The summed E-state index contributed by atoms with van der Waals surface area (Å²) in [4.78, 5) is 6.78. The number of anilines is 1. The van der Waals surface area contributed by atoms with Gasteiger partial charge in [0.05, 0.1) is 10.2 Å². The Balaban J connectivity index is 2.19. The first-order valence-electron chi connectivity index (χ1n) is 6.49. The molecule has 1 aromatic heterocycles. The van der Waals surface area contributed by atoms with Crippen molar-refractivity contribution in [2.75, 3.05) is 12.3 Å². The Hall–Kier alpha value is -1.13. The van der Waals surface area contributed by atoms with E-state index in [0.29, 0.717) is 11.2 Å². The van der Waals surface area contributed by atoms with Gasteiger partial charge in [0.1, 0.15) is 0 Å². The first-order valence-corrected chi connectivity index (χ1v) is 7.30. The first kappa shape index (κ1) is 13.3. The summed E-state index contributed by atoms with van der Waals surface area (Å²) in [6.45, 7) is 8.86. The molecule has 0 fully saturated rings. The second-order valence-corrected chi connectivity index (χ2v) is 5.98. The van der Waals surface area contributed by atoms with Crippen molar-refractivity contribution in [2.45, 2.75) is 39.8 Å². The maximum atomic E-state index is 5.73. The van der Waals surface area contributed by atoms with Crippen LogP contribution in [0.4, 0.5) is 5.13 Å². The number of nitrogens with two attached hydrogens (primary N) is 1. The van der Waals surface area contributed by atoms with Crippen molar-refractivity contribution in [3.8, 4) is 0 Å². The number of hydrogen-bond donors (Lipinski definition) is 1. The van der Waals surface area contributed by atoms with Gasteiger partial charge in [-0.25, -0.2) is 4.98 Å². The Morgan fingerprint density at radius 2 is 2.17 bits per heavy atom. The summed E-state index contributed by atoms with van der Waals surface area (Å²) in [7, 11) is 0. The number of benzene rings is 1. The Labute approximate surface area is 113 Å². The van der Waals surface area contributed by atoms with Crippen molar-refractivity contribution in [3.63, 3.8) is 0 Å². The van der Waals surface area contributed by atoms with Crippen molar-refractivity contribution >= 4 is 26.7 Å². The van der Waals surface area contributed by atoms with E-state index in [0.717, 1.165) is 18.6 Å². The highest BCUT2D eigenvalue weighted by Gasteiger charge is 2.10. The second kappa shape index (κ2) is 5.67. The Morgan fingerprint density at radius 1 is 1.39 bits per heavy atom. The quantitative estimate of drug-likeness (QED) is 0.897. The van der Waals surface area contributed by atoms with Crippen LogP contribution in [-0.2, 0) is 6.54 Å². The van der Waals surface area contributed by atoms with E-state index < -0.39 is 0 Å². The summed E-state index contributed by atoms with van der Waals surface area (Å²) >= 11 is 1.56. The van der Waals surface area contributed by atoms with Gasteiger partial charge >= 0.3 is 0 Å². The molecule has 1 heterocycles. The zero-order chi connectivity index (χ0) is 13.1. The SMILES string of the molecule is CCCN(Cc1ccc2nc(N)sc2c1)C(C)C. The number of nitrogen functional groups attached to an aromatic ring is 1. The summed E-state index contributed by atoms with van der Waals surface area (Å²) in [5.74, 6) is 0. The highest BCUT2D eigenvalue weighted by atomic mass is 32.1. The maximum Gasteiger partial charge on any atom is 0.181 e. The van der Waals surface area contributed by atoms with E-state index in [2.05, 4.69) is 48.9 Å². The van der Waals surface area contributed by atoms with Crippen LogP contribution in [0.5, 0.6) is 0 Å². The zero-order valence-corrected chi connectivity index (χ0v) is 12.1. The molecule has 0 bridgehead atoms. The maximum absolute atomic E-state index is 5.73. The predicted molar refractivity (Wildman–Crippen MR) is 79.9 cm³/mol. The molecule has 0 aliphatic carbocycles. The van der Waals surface area contributed by atoms with E-state index >= 15 is 0 Å². The van der Waals surface area contributed by atoms with Crippen molar-refractivity contribution < 1.29 is 0 Å². The lowest BCUT2D eigenvalue weighted by Crippen LogP contribution is -2.30. The molecule has 4 heteroatoms. The molecular weight excluding hydrogens is 242 g/mol. The van der Waals surface area contributed by atoms with Gasteiger partial charge in [0, 0.05) is 12.6 Å². The lowest BCUT2D eigenvalue weighted by molar-refractivity contribution is 0.213. The number of rotatable bonds is 5. The van der Waals surface area contributed by atoms with Gasteiger partial charge in [0.15, 0.2) is 5.13 Å². The minimum atomic E-state index is 0.576. The van der Waals surface area contributed by atoms with Crippen LogP contribution in [0.3, 0.4) is 0 Å². The Kier molecular flexibility index (Phi) is 4.19. The normalized spacial score (nSPS) is 11.8. The summed E-state index contributed by atoms with van der Waals surface area (Å²) in [5.41, 5.74) is 8.08. The van der Waals surface area contributed by atoms with Crippen LogP contribution in [0.15, 0.2) is 18.2 Å². The van der Waals surface area contributed by atoms with Gasteiger partial charge in [-0.05, 0) is 44.5 Å². The van der Waals surface area contributed by atoms with Gasteiger partial charge in [0.25, 0.3) is 0 Å². The fraction of sp³-hybridized carbons (Fsp3) is 0.500. The number of thiazole rings is 1. The molecule has 0 aliphatic heterocycles. The molecule has 2 rings (SSSR count). The summed E-state index contributed by atoms with van der Waals surface area (Å²) in [6.07, 6.45) is 1.19. The third-order valence-electron chi connectivity index (χ3n) is 3.10. The molecule has 0 unspecified atom stereocenters. The van der Waals surface area contributed by atoms with Crippen molar-refractivity contribution in [2.24, 2.45) is 0 Å². The van der Waals surface area contributed by atoms with E-state index in [4.69, 9.17) is 5.73 Å². The standard InChI is InChI=1S/C14H21N3S/c1-4-7-17(10(2)3)9-11-5-6-12-13(8-11)18-14(15)16-12/h5-6,8,10H,4,7,9H2,1-3H3,(H2,15,16). The van der Waals surface area contributed by atoms with Crippen LogP contribution in [0.1, 0.15) is 32.8 Å². The van der Waals surface area contributed by atoms with Crippen LogP contribution in [0.25, 0.3) is 10.2 Å². The van der Waals surface area contributed by atoms with Gasteiger partial charge < -0.3 is 5.73 Å². The molecule has 98 valence electrons. The average Bonchev–Trinajstić information content (AvgIpc) is 2.67. The van der Waals surface area contributed by atoms with Crippen LogP contribution in [0.2, 0.25) is 0 Å². The first-order chi connectivity index (χ1) is 8.60. The van der Waals surface area contributed by atoms with E-state index in [1.807, 2.05) is 0 Å². The molecule has 0 saturated heterocycles. The van der Waals surface area contributed by atoms with E-state index in [9.17, 15) is 0 Å². The zero-order valence-electron chi connectivity index (χ0n) is 11.3. The predicted octanol–water partition coefficient (Wildman–Crippen LogP) is 3.50. The van der Waals surface area contributed by atoms with Crippen LogP contribution in [-0.4, -0.2) is 22.5 Å². The molecule has 1 aromatic carbocycles. The molecule has 0 amide bonds. The molecule has 18 heavy (non-hydrogen) atoms. The molecule has 0 spiro atoms. The van der Waals surface area contributed by atoms with Crippen LogP contribution >= 0.6 is 11.3 Å². The monoisotopic (exact) mass is 263 g/mol. The second-order valence-electron chi connectivity index (χ2n) is 4.92. The fourth-order valence-electron chi connectivity index (χ4n) is 2.13. The minimum absolute atomic E-state index is 0.576. The lowest BCUT2D eigenvalue weighted by atomic mass is 10.1. The highest BCUT2D eigenvalue weighted by molar-refractivity contribution is 7.22. The highest BCUT2D eigenvalue weighted by Crippen LogP contribution is 2.25. The Morgan fingerprint density at radius 3 is 2.83 bits per heavy atom. The lowest BCUT2D eigenvalue weighted by Gasteiger charge is -2.25. The van der Waals surface area contributed by atoms with Crippen LogP contribution in [0, 0.1) is 0 Å². The van der Waals surface area contributed by atoms with Gasteiger partial charge in [-0.3, -0.25) is 4.90 Å². The fourth-order valence-corrected chi connectivity index (χ4v) is 2.92. The molecule has 0 saturated carbocycles. The van der Waals surface area contributed by atoms with E-state index in [1.165, 1.54) is 16.7 Å². The molecule has 2 N–H and O–H groups in total. The molecule has 3 nitrogen and oxygen atoms in total. The number of nitrogens with zero attached hydrogens (tertiary/aromatic N) is 2. The van der Waals surface area contributed by atoms with Gasteiger partial charge in [-0.15, -0.1) is 0 Å². The average molecular weight is 263 g/mol. The van der Waals surface area contributed by atoms with Crippen LogP contribution < -0.4 is 5.73 Å². The largest absolute Gasteiger partial charge is 0.375 e.